The molecule has 2 aromatic carbocycles. The highest BCUT2D eigenvalue weighted by molar-refractivity contribution is 7.22. The average molecular weight is 431 g/mol. The van der Waals surface area contributed by atoms with Crippen molar-refractivity contribution in [2.75, 3.05) is 9.80 Å². The predicted molar refractivity (Wildman–Crippen MR) is 117 cm³/mol. The highest BCUT2D eigenvalue weighted by atomic mass is 32.1. The van der Waals surface area contributed by atoms with Gasteiger partial charge in [0.25, 0.3) is 5.91 Å². The molecule has 4 aromatic rings. The van der Waals surface area contributed by atoms with Crippen molar-refractivity contribution in [1.29, 1.82) is 0 Å². The molecule has 7 nitrogen and oxygen atoms in total. The number of imide groups is 1. The predicted octanol–water partition coefficient (Wildman–Crippen LogP) is 4.39. The van der Waals surface area contributed by atoms with Gasteiger partial charge >= 0.3 is 0 Å². The van der Waals surface area contributed by atoms with Crippen LogP contribution in [0.3, 0.4) is 0 Å². The van der Waals surface area contributed by atoms with Crippen molar-refractivity contribution in [2.45, 2.75) is 19.4 Å². The molecule has 1 saturated heterocycles. The molecule has 3 heterocycles. The third-order valence-electron chi connectivity index (χ3n) is 5.08. The molecule has 0 spiro atoms. The van der Waals surface area contributed by atoms with Gasteiger partial charge in [0.15, 0.2) is 5.13 Å². The Morgan fingerprint density at radius 1 is 1.00 bits per heavy atom. The lowest BCUT2D eigenvalue weighted by molar-refractivity contribution is -0.121. The van der Waals surface area contributed by atoms with Crippen LogP contribution in [0.1, 0.15) is 29.0 Å². The van der Waals surface area contributed by atoms with E-state index in [1.54, 1.807) is 47.6 Å². The quantitative estimate of drug-likeness (QED) is 0.438. The smallest absolute Gasteiger partial charge is 0.260 e. The van der Waals surface area contributed by atoms with Crippen LogP contribution in [0.15, 0.2) is 71.3 Å². The maximum absolute atomic E-state index is 13.4. The molecular weight excluding hydrogens is 414 g/mol. The second-order valence-corrected chi connectivity index (χ2v) is 8.11. The number of hydrogen-bond donors (Lipinski definition) is 0. The molecule has 8 heteroatoms. The maximum Gasteiger partial charge on any atom is 0.260 e. The monoisotopic (exact) mass is 431 g/mol. The largest absolute Gasteiger partial charge is 0.467 e. The van der Waals surface area contributed by atoms with Crippen LogP contribution >= 0.6 is 11.3 Å². The number of hydrogen-bond acceptors (Lipinski definition) is 6. The van der Waals surface area contributed by atoms with Gasteiger partial charge in [-0.3, -0.25) is 24.2 Å². The minimum atomic E-state index is -0.249. The van der Waals surface area contributed by atoms with Crippen molar-refractivity contribution < 1.29 is 18.8 Å². The molecular formula is C23H17N3O4S. The Labute approximate surface area is 181 Å². The standard InChI is InChI=1S/C23H17N3O4S/c27-20-11-12-21(28)26(20)16-9-7-15(8-10-16)22(29)25(14-17-4-3-13-30-17)23-24-18-5-1-2-6-19(18)31-23/h1-10,13H,11-12,14H2. The van der Waals surface area contributed by atoms with Crippen molar-refractivity contribution >= 4 is 50.1 Å². The summed E-state index contributed by atoms with van der Waals surface area (Å²) < 4.78 is 6.44. The number of aromatic nitrogens is 1. The van der Waals surface area contributed by atoms with Crippen LogP contribution in [0.4, 0.5) is 10.8 Å². The highest BCUT2D eigenvalue weighted by Crippen LogP contribution is 2.31. The summed E-state index contributed by atoms with van der Waals surface area (Å²) >= 11 is 1.43. The minimum absolute atomic E-state index is 0.216. The van der Waals surface area contributed by atoms with Gasteiger partial charge in [0.2, 0.25) is 11.8 Å². The van der Waals surface area contributed by atoms with E-state index in [1.165, 1.54) is 16.2 Å². The van der Waals surface area contributed by atoms with Gasteiger partial charge in [0.05, 0.1) is 28.7 Å². The van der Waals surface area contributed by atoms with Gasteiger partial charge < -0.3 is 4.42 Å². The van der Waals surface area contributed by atoms with E-state index in [4.69, 9.17) is 4.42 Å². The number of furan rings is 1. The van der Waals surface area contributed by atoms with Crippen molar-refractivity contribution in [3.05, 3.63) is 78.3 Å². The Bertz CT molecular complexity index is 1230. The summed E-state index contributed by atoms with van der Waals surface area (Å²) in [6.07, 6.45) is 2.00. The Hall–Kier alpha value is -3.78. The first-order chi connectivity index (χ1) is 15.1. The molecule has 1 fully saturated rings. The number of carbonyl (C=O) groups is 3. The molecule has 0 aliphatic carbocycles. The Morgan fingerprint density at radius 2 is 1.74 bits per heavy atom. The lowest BCUT2D eigenvalue weighted by Gasteiger charge is -2.19. The maximum atomic E-state index is 13.4. The second-order valence-electron chi connectivity index (χ2n) is 7.10. The lowest BCUT2D eigenvalue weighted by Crippen LogP contribution is -2.31. The molecule has 0 saturated carbocycles. The summed E-state index contributed by atoms with van der Waals surface area (Å²) in [5.41, 5.74) is 1.72. The van der Waals surface area contributed by atoms with E-state index in [2.05, 4.69) is 4.98 Å². The molecule has 154 valence electrons. The van der Waals surface area contributed by atoms with Crippen molar-refractivity contribution in [3.63, 3.8) is 0 Å². The topological polar surface area (TPSA) is 83.7 Å². The van der Waals surface area contributed by atoms with Gasteiger partial charge in [0, 0.05) is 18.4 Å². The van der Waals surface area contributed by atoms with Gasteiger partial charge in [-0.2, -0.15) is 0 Å². The minimum Gasteiger partial charge on any atom is -0.467 e. The third-order valence-corrected chi connectivity index (χ3v) is 6.14. The first-order valence-electron chi connectivity index (χ1n) is 9.76. The van der Waals surface area contributed by atoms with Crippen LogP contribution in [-0.2, 0) is 16.1 Å². The van der Waals surface area contributed by atoms with Crippen LogP contribution in [0.25, 0.3) is 10.2 Å². The van der Waals surface area contributed by atoms with Crippen LogP contribution in [-0.4, -0.2) is 22.7 Å². The number of fused-ring (bicyclic) bond motifs is 1. The van der Waals surface area contributed by atoms with Crippen LogP contribution in [0.5, 0.6) is 0 Å². The fraction of sp³-hybridized carbons (Fsp3) is 0.130. The van der Waals surface area contributed by atoms with Gasteiger partial charge in [-0.1, -0.05) is 23.5 Å². The van der Waals surface area contributed by atoms with E-state index in [-0.39, 0.29) is 37.1 Å². The zero-order valence-electron chi connectivity index (χ0n) is 16.4. The molecule has 31 heavy (non-hydrogen) atoms. The summed E-state index contributed by atoms with van der Waals surface area (Å²) in [6.45, 7) is 0.233. The van der Waals surface area contributed by atoms with Gasteiger partial charge in [0.1, 0.15) is 5.76 Å². The second kappa shape index (κ2) is 7.81. The molecule has 0 unspecified atom stereocenters. The molecule has 0 bridgehead atoms. The molecule has 2 aromatic heterocycles. The fourth-order valence-electron chi connectivity index (χ4n) is 3.53. The van der Waals surface area contributed by atoms with E-state index in [9.17, 15) is 14.4 Å². The SMILES string of the molecule is O=C(c1ccc(N2C(=O)CCC2=O)cc1)N(Cc1ccco1)c1nc2ccccc2s1. The normalized spacial score (nSPS) is 13.9. The zero-order chi connectivity index (χ0) is 21.4. The summed E-state index contributed by atoms with van der Waals surface area (Å²) in [6, 6.07) is 17.8. The lowest BCUT2D eigenvalue weighted by atomic mass is 10.1. The van der Waals surface area contributed by atoms with E-state index in [1.807, 2.05) is 24.3 Å². The van der Waals surface area contributed by atoms with Crippen LogP contribution in [0, 0.1) is 0 Å². The first kappa shape index (κ1) is 19.2. The summed E-state index contributed by atoms with van der Waals surface area (Å²) in [4.78, 5) is 44.7. The van der Waals surface area contributed by atoms with Crippen molar-refractivity contribution in [3.8, 4) is 0 Å². The number of para-hydroxylation sites is 1. The van der Waals surface area contributed by atoms with E-state index >= 15 is 0 Å². The number of carbonyl (C=O) groups excluding carboxylic acids is 3. The summed E-state index contributed by atoms with van der Waals surface area (Å²) in [5.74, 6) is -0.0606. The van der Waals surface area contributed by atoms with Gasteiger partial charge in [-0.15, -0.1) is 0 Å². The third kappa shape index (κ3) is 3.62. The molecule has 0 radical (unpaired) electrons. The van der Waals surface area contributed by atoms with Crippen LogP contribution < -0.4 is 9.80 Å². The van der Waals surface area contributed by atoms with Crippen molar-refractivity contribution in [2.24, 2.45) is 0 Å². The van der Waals surface area contributed by atoms with E-state index in [0.717, 1.165) is 10.2 Å². The summed E-state index contributed by atoms with van der Waals surface area (Å²) in [7, 11) is 0. The highest BCUT2D eigenvalue weighted by Gasteiger charge is 2.30. The molecule has 3 amide bonds. The molecule has 1 aliphatic rings. The number of anilines is 2. The first-order valence-corrected chi connectivity index (χ1v) is 10.6. The number of rotatable bonds is 5. The van der Waals surface area contributed by atoms with Crippen LogP contribution in [0.2, 0.25) is 0 Å². The Kier molecular flexibility index (Phi) is 4.83. The fourth-order valence-corrected chi connectivity index (χ4v) is 4.50. The molecule has 0 N–H and O–H groups in total. The van der Waals surface area contributed by atoms with E-state index < -0.39 is 0 Å². The van der Waals surface area contributed by atoms with Crippen molar-refractivity contribution in [1.82, 2.24) is 4.98 Å². The number of nitrogens with zero attached hydrogens (tertiary/aromatic N) is 3. The zero-order valence-corrected chi connectivity index (χ0v) is 17.2. The number of benzene rings is 2. The number of thiazole rings is 1. The molecule has 5 rings (SSSR count). The van der Waals surface area contributed by atoms with E-state index in [0.29, 0.717) is 22.1 Å². The molecule has 1 aliphatic heterocycles. The average Bonchev–Trinajstić information content (AvgIpc) is 3.52. The Morgan fingerprint density at radius 3 is 2.42 bits per heavy atom. The number of amides is 3. The Balaban J connectivity index is 1.48. The van der Waals surface area contributed by atoms with Gasteiger partial charge in [-0.05, 0) is 48.5 Å². The summed E-state index contributed by atoms with van der Waals surface area (Å²) in [5, 5.41) is 0.566. The molecule has 0 atom stereocenters. The van der Waals surface area contributed by atoms with Gasteiger partial charge in [-0.25, -0.2) is 4.98 Å².